The molecule has 4 heteroatoms. The van der Waals surface area contributed by atoms with Crippen LogP contribution in [-0.4, -0.2) is 17.6 Å². The van der Waals surface area contributed by atoms with E-state index in [2.05, 4.69) is 11.4 Å². The molecule has 0 aliphatic heterocycles. The monoisotopic (exact) mass is 246 g/mol. The number of nitrogens with one attached hydrogen (secondary N) is 1. The van der Waals surface area contributed by atoms with Crippen LogP contribution in [0.1, 0.15) is 31.4 Å². The highest BCUT2D eigenvalue weighted by Gasteiger charge is 2.31. The van der Waals surface area contributed by atoms with Gasteiger partial charge in [-0.05, 0) is 31.9 Å². The molecular formula is C14H18N2O2. The highest BCUT2D eigenvalue weighted by atomic mass is 16.4. The van der Waals surface area contributed by atoms with Crippen LogP contribution in [0.25, 0.3) is 0 Å². The summed E-state index contributed by atoms with van der Waals surface area (Å²) in [5, 5.41) is 21.3. The first-order valence-electron chi connectivity index (χ1n) is 5.91. The lowest BCUT2D eigenvalue weighted by atomic mass is 9.87. The molecule has 1 aromatic carbocycles. The van der Waals surface area contributed by atoms with E-state index in [0.29, 0.717) is 18.5 Å². The van der Waals surface area contributed by atoms with E-state index in [0.717, 1.165) is 11.3 Å². The van der Waals surface area contributed by atoms with Gasteiger partial charge in [0.15, 0.2) is 0 Å². The molecule has 1 atom stereocenters. The maximum atomic E-state index is 11.2. The topological polar surface area (TPSA) is 73.1 Å². The van der Waals surface area contributed by atoms with Gasteiger partial charge in [0.25, 0.3) is 0 Å². The number of carboxylic acids is 1. The largest absolute Gasteiger partial charge is 0.481 e. The number of nitriles is 1. The van der Waals surface area contributed by atoms with E-state index in [4.69, 9.17) is 5.26 Å². The SMILES string of the molecule is CCC(C)(CNc1c(C)cccc1C#N)C(=O)O. The van der Waals surface area contributed by atoms with Crippen LogP contribution in [0.3, 0.4) is 0 Å². The molecule has 1 unspecified atom stereocenters. The number of carbonyl (C=O) groups is 1. The van der Waals surface area contributed by atoms with Crippen molar-refractivity contribution in [3.8, 4) is 6.07 Å². The van der Waals surface area contributed by atoms with Crippen LogP contribution in [0.5, 0.6) is 0 Å². The van der Waals surface area contributed by atoms with Crippen LogP contribution in [0.15, 0.2) is 18.2 Å². The van der Waals surface area contributed by atoms with Gasteiger partial charge in [-0.25, -0.2) is 0 Å². The second-order valence-electron chi connectivity index (χ2n) is 4.68. The lowest BCUT2D eigenvalue weighted by Crippen LogP contribution is -2.34. The molecule has 0 radical (unpaired) electrons. The van der Waals surface area contributed by atoms with E-state index in [1.54, 1.807) is 13.0 Å². The summed E-state index contributed by atoms with van der Waals surface area (Å²) in [6.45, 7) is 5.75. The van der Waals surface area contributed by atoms with Crippen molar-refractivity contribution in [2.75, 3.05) is 11.9 Å². The van der Waals surface area contributed by atoms with E-state index < -0.39 is 11.4 Å². The van der Waals surface area contributed by atoms with E-state index in [1.165, 1.54) is 0 Å². The highest BCUT2D eigenvalue weighted by molar-refractivity contribution is 5.75. The normalized spacial score (nSPS) is 13.4. The predicted molar refractivity (Wildman–Crippen MR) is 70.4 cm³/mol. The fourth-order valence-corrected chi connectivity index (χ4v) is 1.63. The van der Waals surface area contributed by atoms with Crippen molar-refractivity contribution in [1.29, 1.82) is 5.26 Å². The number of rotatable bonds is 5. The van der Waals surface area contributed by atoms with Crippen LogP contribution in [-0.2, 0) is 4.79 Å². The third-order valence-electron chi connectivity index (χ3n) is 3.35. The third kappa shape index (κ3) is 2.80. The van der Waals surface area contributed by atoms with Gasteiger partial charge in [-0.3, -0.25) is 4.79 Å². The fraction of sp³-hybridized carbons (Fsp3) is 0.429. The average molecular weight is 246 g/mol. The van der Waals surface area contributed by atoms with E-state index in [-0.39, 0.29) is 0 Å². The number of aliphatic carboxylic acids is 1. The lowest BCUT2D eigenvalue weighted by Gasteiger charge is -2.24. The highest BCUT2D eigenvalue weighted by Crippen LogP contribution is 2.25. The minimum atomic E-state index is -0.829. The van der Waals surface area contributed by atoms with Crippen molar-refractivity contribution in [3.63, 3.8) is 0 Å². The standard InChI is InChI=1S/C14H18N2O2/c1-4-14(3,13(17)18)9-16-12-10(2)6-5-7-11(12)8-15/h5-7,16H,4,9H2,1-3H3,(H,17,18). The Morgan fingerprint density at radius 2 is 2.22 bits per heavy atom. The zero-order chi connectivity index (χ0) is 13.8. The molecule has 0 aromatic heterocycles. The number of benzene rings is 1. The molecule has 1 rings (SSSR count). The summed E-state index contributed by atoms with van der Waals surface area (Å²) in [7, 11) is 0. The van der Waals surface area contributed by atoms with Gasteiger partial charge in [-0.1, -0.05) is 19.1 Å². The molecule has 0 amide bonds. The summed E-state index contributed by atoms with van der Waals surface area (Å²) in [4.78, 5) is 11.2. The first kappa shape index (κ1) is 14.0. The molecular weight excluding hydrogens is 228 g/mol. The first-order chi connectivity index (χ1) is 8.44. The zero-order valence-corrected chi connectivity index (χ0v) is 10.9. The van der Waals surface area contributed by atoms with Crippen molar-refractivity contribution in [2.45, 2.75) is 27.2 Å². The Bertz CT molecular complexity index is 491. The van der Waals surface area contributed by atoms with Crippen LogP contribution in [0.4, 0.5) is 5.69 Å². The molecule has 0 aliphatic rings. The average Bonchev–Trinajstić information content (AvgIpc) is 2.36. The van der Waals surface area contributed by atoms with Gasteiger partial charge >= 0.3 is 5.97 Å². The molecule has 0 aliphatic carbocycles. The summed E-state index contributed by atoms with van der Waals surface area (Å²) in [6.07, 6.45) is 0.531. The van der Waals surface area contributed by atoms with Gasteiger partial charge in [0.05, 0.1) is 16.7 Å². The molecule has 4 nitrogen and oxygen atoms in total. The van der Waals surface area contributed by atoms with Gasteiger partial charge in [-0.15, -0.1) is 0 Å². The van der Waals surface area contributed by atoms with Gasteiger partial charge in [0.1, 0.15) is 6.07 Å². The van der Waals surface area contributed by atoms with Gasteiger partial charge in [0, 0.05) is 6.54 Å². The van der Waals surface area contributed by atoms with Gasteiger partial charge < -0.3 is 10.4 Å². The Morgan fingerprint density at radius 1 is 1.56 bits per heavy atom. The Morgan fingerprint density at radius 3 is 2.72 bits per heavy atom. The molecule has 0 heterocycles. The van der Waals surface area contributed by atoms with Crippen molar-refractivity contribution in [3.05, 3.63) is 29.3 Å². The molecule has 0 saturated heterocycles. The van der Waals surface area contributed by atoms with E-state index >= 15 is 0 Å². The van der Waals surface area contributed by atoms with Gasteiger partial charge in [-0.2, -0.15) is 5.26 Å². The molecule has 0 fully saturated rings. The molecule has 18 heavy (non-hydrogen) atoms. The smallest absolute Gasteiger partial charge is 0.311 e. The Kier molecular flexibility index (Phi) is 4.33. The Hall–Kier alpha value is -2.02. The van der Waals surface area contributed by atoms with Crippen molar-refractivity contribution in [2.24, 2.45) is 5.41 Å². The number of hydrogen-bond donors (Lipinski definition) is 2. The summed E-state index contributed by atoms with van der Waals surface area (Å²) < 4.78 is 0. The molecule has 96 valence electrons. The maximum absolute atomic E-state index is 11.2. The maximum Gasteiger partial charge on any atom is 0.311 e. The molecule has 0 saturated carbocycles. The minimum Gasteiger partial charge on any atom is -0.481 e. The van der Waals surface area contributed by atoms with Gasteiger partial charge in [0.2, 0.25) is 0 Å². The number of aryl methyl sites for hydroxylation is 1. The lowest BCUT2D eigenvalue weighted by molar-refractivity contribution is -0.147. The summed E-state index contributed by atoms with van der Waals surface area (Å²) >= 11 is 0. The second kappa shape index (κ2) is 5.54. The number of carboxylic acid groups (broad SMARTS) is 1. The fourth-order valence-electron chi connectivity index (χ4n) is 1.63. The van der Waals surface area contributed by atoms with E-state index in [9.17, 15) is 9.90 Å². The second-order valence-corrected chi connectivity index (χ2v) is 4.68. The van der Waals surface area contributed by atoms with E-state index in [1.807, 2.05) is 26.0 Å². The van der Waals surface area contributed by atoms with Crippen molar-refractivity contribution in [1.82, 2.24) is 0 Å². The summed E-state index contributed by atoms with van der Waals surface area (Å²) in [5.74, 6) is -0.829. The number of hydrogen-bond acceptors (Lipinski definition) is 3. The molecule has 0 bridgehead atoms. The van der Waals surface area contributed by atoms with Crippen LogP contribution >= 0.6 is 0 Å². The summed E-state index contributed by atoms with van der Waals surface area (Å²) in [5.41, 5.74) is 1.38. The summed E-state index contributed by atoms with van der Waals surface area (Å²) in [6, 6.07) is 7.54. The third-order valence-corrected chi connectivity index (χ3v) is 3.35. The molecule has 2 N–H and O–H groups in total. The minimum absolute atomic E-state index is 0.304. The first-order valence-corrected chi connectivity index (χ1v) is 5.91. The number of nitrogens with zero attached hydrogens (tertiary/aromatic N) is 1. The van der Waals surface area contributed by atoms with Crippen LogP contribution < -0.4 is 5.32 Å². The van der Waals surface area contributed by atoms with Crippen molar-refractivity contribution < 1.29 is 9.90 Å². The Balaban J connectivity index is 2.94. The molecule has 1 aromatic rings. The quantitative estimate of drug-likeness (QED) is 0.837. The molecule has 0 spiro atoms. The number of anilines is 1. The predicted octanol–water partition coefficient (Wildman–Crippen LogP) is 2.78. The van der Waals surface area contributed by atoms with Crippen LogP contribution in [0, 0.1) is 23.7 Å². The van der Waals surface area contributed by atoms with Crippen LogP contribution in [0.2, 0.25) is 0 Å². The number of para-hydroxylation sites is 1. The zero-order valence-electron chi connectivity index (χ0n) is 10.9. The van der Waals surface area contributed by atoms with Crippen molar-refractivity contribution >= 4 is 11.7 Å². The Labute approximate surface area is 107 Å².